The van der Waals surface area contributed by atoms with Crippen molar-refractivity contribution in [3.63, 3.8) is 0 Å². The second kappa shape index (κ2) is 9.36. The molecule has 0 radical (unpaired) electrons. The first-order valence-corrected chi connectivity index (χ1v) is 9.74. The van der Waals surface area contributed by atoms with Gasteiger partial charge in [-0.15, -0.1) is 6.42 Å². The number of barbiturate groups is 1. The van der Waals surface area contributed by atoms with Crippen LogP contribution in [0, 0.1) is 12.3 Å². The summed E-state index contributed by atoms with van der Waals surface area (Å²) < 4.78 is 11.2. The Morgan fingerprint density at radius 1 is 1.25 bits per heavy atom. The van der Waals surface area contributed by atoms with Gasteiger partial charge in [0.2, 0.25) is 0 Å². The molecule has 0 aliphatic carbocycles. The number of nitrogens with one attached hydrogen (secondary N) is 1. The zero-order valence-corrected chi connectivity index (χ0v) is 18.1. The number of methoxy groups -OCH3 is 1. The number of nitrogens with zero attached hydrogens (tertiary/aromatic N) is 1. The second-order valence-electron chi connectivity index (χ2n) is 6.34. The quantitative estimate of drug-likeness (QED) is 0.356. The molecule has 1 saturated heterocycles. The largest absolute Gasteiger partial charge is 0.493 e. The van der Waals surface area contributed by atoms with Crippen molar-refractivity contribution in [1.82, 2.24) is 5.32 Å². The molecule has 0 atom stereocenters. The van der Waals surface area contributed by atoms with Crippen LogP contribution in [0.2, 0.25) is 0 Å². The predicted octanol–water partition coefficient (Wildman–Crippen LogP) is 2.83. The average molecular weight is 499 g/mol. The smallest absolute Gasteiger partial charge is 0.335 e. The first-order chi connectivity index (χ1) is 15.3. The Bertz CT molecular complexity index is 1200. The average Bonchev–Trinajstić information content (AvgIpc) is 2.75. The number of hydrogen-bond acceptors (Lipinski definition) is 6. The van der Waals surface area contributed by atoms with Crippen molar-refractivity contribution < 1.29 is 33.8 Å². The first-order valence-electron chi connectivity index (χ1n) is 8.95. The number of hydrogen-bond donors (Lipinski definition) is 2. The molecule has 1 heterocycles. The number of terminal acetylenes is 1. The van der Waals surface area contributed by atoms with E-state index in [9.17, 15) is 19.2 Å². The van der Waals surface area contributed by atoms with Gasteiger partial charge in [-0.05, 0) is 64.0 Å². The number of carboxylic acids is 1. The van der Waals surface area contributed by atoms with E-state index in [4.69, 9.17) is 21.0 Å². The molecule has 0 spiro atoms. The van der Waals surface area contributed by atoms with E-state index in [0.717, 1.165) is 4.90 Å². The monoisotopic (exact) mass is 498 g/mol. The van der Waals surface area contributed by atoms with Crippen LogP contribution < -0.4 is 19.7 Å². The molecule has 10 heteroatoms. The van der Waals surface area contributed by atoms with Crippen molar-refractivity contribution in [2.45, 2.75) is 0 Å². The summed E-state index contributed by atoms with van der Waals surface area (Å²) in [6.45, 7) is 0.00796. The number of urea groups is 1. The van der Waals surface area contributed by atoms with Gasteiger partial charge >= 0.3 is 12.0 Å². The summed E-state index contributed by atoms with van der Waals surface area (Å²) in [7, 11) is 1.42. The maximum absolute atomic E-state index is 13.0. The van der Waals surface area contributed by atoms with E-state index < -0.39 is 23.8 Å². The lowest BCUT2D eigenvalue weighted by atomic mass is 10.1. The fourth-order valence-electron chi connectivity index (χ4n) is 2.89. The van der Waals surface area contributed by atoms with Gasteiger partial charge in [-0.1, -0.05) is 5.92 Å². The number of ether oxygens (including phenoxy) is 2. The summed E-state index contributed by atoms with van der Waals surface area (Å²) in [5.41, 5.74) is 0.191. The Morgan fingerprint density at radius 3 is 2.53 bits per heavy atom. The summed E-state index contributed by atoms with van der Waals surface area (Å²) in [5, 5.41) is 11.1. The van der Waals surface area contributed by atoms with Gasteiger partial charge in [0.25, 0.3) is 11.8 Å². The highest BCUT2D eigenvalue weighted by Gasteiger charge is 2.37. The fraction of sp³-hybridized carbons (Fsp3) is 0.0909. The van der Waals surface area contributed by atoms with Crippen LogP contribution in [0.15, 0.2) is 46.4 Å². The molecule has 4 amide bonds. The van der Waals surface area contributed by atoms with E-state index in [-0.39, 0.29) is 23.4 Å². The molecule has 0 bridgehead atoms. The zero-order chi connectivity index (χ0) is 23.4. The zero-order valence-electron chi connectivity index (χ0n) is 16.5. The second-order valence-corrected chi connectivity index (χ2v) is 7.19. The standard InChI is InChI=1S/C22H15BrN2O7/c1-3-8-32-18-16(23)10-12(11-17(18)31-2)9-15-19(26)24-22(30)25(20(15)27)14-6-4-13(5-7-14)21(28)29/h1,4-7,9-11H,8H2,2H3,(H,28,29)(H,24,26,30)/b15-9-. The number of anilines is 1. The number of imide groups is 2. The number of aromatic carboxylic acids is 1. The molecule has 0 saturated carbocycles. The van der Waals surface area contributed by atoms with Crippen LogP contribution >= 0.6 is 15.9 Å². The number of carbonyl (C=O) groups is 4. The van der Waals surface area contributed by atoms with Crippen molar-refractivity contribution in [3.05, 3.63) is 57.6 Å². The molecule has 2 aromatic carbocycles. The summed E-state index contributed by atoms with van der Waals surface area (Å²) in [6, 6.07) is 7.26. The molecule has 0 unspecified atom stereocenters. The third-order valence-electron chi connectivity index (χ3n) is 4.34. The third kappa shape index (κ3) is 4.48. The van der Waals surface area contributed by atoms with Gasteiger partial charge in [0.05, 0.1) is 22.8 Å². The molecule has 2 N–H and O–H groups in total. The fourth-order valence-corrected chi connectivity index (χ4v) is 3.46. The molecule has 9 nitrogen and oxygen atoms in total. The topological polar surface area (TPSA) is 122 Å². The minimum absolute atomic E-state index is 0.00796. The van der Waals surface area contributed by atoms with Crippen molar-refractivity contribution in [2.75, 3.05) is 18.6 Å². The summed E-state index contributed by atoms with van der Waals surface area (Å²) in [6.07, 6.45) is 6.51. The molecular formula is C22H15BrN2O7. The molecular weight excluding hydrogens is 484 g/mol. The van der Waals surface area contributed by atoms with E-state index >= 15 is 0 Å². The molecule has 1 fully saturated rings. The maximum Gasteiger partial charge on any atom is 0.335 e. The highest BCUT2D eigenvalue weighted by Crippen LogP contribution is 2.37. The molecule has 0 aromatic heterocycles. The van der Waals surface area contributed by atoms with Crippen LogP contribution in [-0.2, 0) is 9.59 Å². The lowest BCUT2D eigenvalue weighted by molar-refractivity contribution is -0.122. The van der Waals surface area contributed by atoms with E-state index in [2.05, 4.69) is 27.2 Å². The molecule has 1 aliphatic rings. The Balaban J connectivity index is 2.00. The molecule has 32 heavy (non-hydrogen) atoms. The number of amides is 4. The number of carbonyl (C=O) groups excluding carboxylic acids is 3. The molecule has 2 aromatic rings. The van der Waals surface area contributed by atoms with E-state index in [1.165, 1.54) is 43.5 Å². The highest BCUT2D eigenvalue weighted by atomic mass is 79.9. The van der Waals surface area contributed by atoms with Crippen molar-refractivity contribution in [1.29, 1.82) is 0 Å². The normalized spacial score (nSPS) is 14.7. The summed E-state index contributed by atoms with van der Waals surface area (Å²) in [5.74, 6) is 0.0985. The minimum Gasteiger partial charge on any atom is -0.493 e. The van der Waals surface area contributed by atoms with Gasteiger partial charge in [0.15, 0.2) is 11.5 Å². The van der Waals surface area contributed by atoms with Gasteiger partial charge in [-0.25, -0.2) is 14.5 Å². The maximum atomic E-state index is 13.0. The van der Waals surface area contributed by atoms with E-state index in [0.29, 0.717) is 21.5 Å². The Labute approximate surface area is 190 Å². The number of benzene rings is 2. The van der Waals surface area contributed by atoms with Gasteiger partial charge in [0, 0.05) is 0 Å². The summed E-state index contributed by atoms with van der Waals surface area (Å²) in [4.78, 5) is 49.4. The van der Waals surface area contributed by atoms with Crippen LogP contribution in [0.5, 0.6) is 11.5 Å². The van der Waals surface area contributed by atoms with Gasteiger partial charge in [0.1, 0.15) is 12.2 Å². The van der Waals surface area contributed by atoms with Crippen LogP contribution in [0.4, 0.5) is 10.5 Å². The molecule has 1 aliphatic heterocycles. The van der Waals surface area contributed by atoms with Gasteiger partial charge in [-0.3, -0.25) is 14.9 Å². The number of carboxylic acid groups (broad SMARTS) is 1. The van der Waals surface area contributed by atoms with Crippen molar-refractivity contribution in [3.8, 4) is 23.8 Å². The Kier molecular flexibility index (Phi) is 6.61. The first kappa shape index (κ1) is 22.6. The van der Waals surface area contributed by atoms with Crippen LogP contribution in [0.25, 0.3) is 6.08 Å². The summed E-state index contributed by atoms with van der Waals surface area (Å²) >= 11 is 3.34. The lowest BCUT2D eigenvalue weighted by Crippen LogP contribution is -2.54. The van der Waals surface area contributed by atoms with Crippen LogP contribution in [-0.4, -0.2) is 42.6 Å². The van der Waals surface area contributed by atoms with E-state index in [1.54, 1.807) is 6.07 Å². The van der Waals surface area contributed by atoms with Crippen molar-refractivity contribution >= 4 is 51.5 Å². The number of halogens is 1. The predicted molar refractivity (Wildman–Crippen MR) is 117 cm³/mol. The van der Waals surface area contributed by atoms with Gasteiger partial charge in [-0.2, -0.15) is 0 Å². The molecule has 162 valence electrons. The van der Waals surface area contributed by atoms with Crippen LogP contribution in [0.1, 0.15) is 15.9 Å². The Morgan fingerprint density at radius 2 is 1.94 bits per heavy atom. The lowest BCUT2D eigenvalue weighted by Gasteiger charge is -2.26. The minimum atomic E-state index is -1.16. The van der Waals surface area contributed by atoms with Crippen LogP contribution in [0.3, 0.4) is 0 Å². The van der Waals surface area contributed by atoms with E-state index in [1.807, 2.05) is 0 Å². The van der Waals surface area contributed by atoms with Crippen molar-refractivity contribution in [2.24, 2.45) is 0 Å². The highest BCUT2D eigenvalue weighted by molar-refractivity contribution is 9.10. The Hall–Kier alpha value is -4.10. The SMILES string of the molecule is C#CCOc1c(Br)cc(/C=C2/C(=O)NC(=O)N(c3ccc(C(=O)O)cc3)C2=O)cc1OC. The number of rotatable bonds is 6. The molecule has 3 rings (SSSR count). The third-order valence-corrected chi connectivity index (χ3v) is 4.93. The van der Waals surface area contributed by atoms with Gasteiger partial charge < -0.3 is 14.6 Å².